The summed E-state index contributed by atoms with van der Waals surface area (Å²) in [4.78, 5) is 30.9. The average Bonchev–Trinajstić information content (AvgIpc) is 2.83. The summed E-state index contributed by atoms with van der Waals surface area (Å²) in [5, 5.41) is 9.76. The van der Waals surface area contributed by atoms with Crippen LogP contribution in [0.25, 0.3) is 27.7 Å². The largest absolute Gasteiger partial charge is 0.497 e. The maximum atomic E-state index is 13.7. The lowest BCUT2D eigenvalue weighted by molar-refractivity contribution is 0.0600. The number of esters is 1. The van der Waals surface area contributed by atoms with Crippen molar-refractivity contribution in [2.45, 2.75) is 6.92 Å². The van der Waals surface area contributed by atoms with Gasteiger partial charge >= 0.3 is 5.97 Å². The SMILES string of the molecule is COC(=O)c1c(C)nc2ccn(-c3ccccc3C#N)c(=O)c2c1-c1ccc(OC)cc1. The van der Waals surface area contributed by atoms with Crippen LogP contribution in [0.1, 0.15) is 21.6 Å². The van der Waals surface area contributed by atoms with Crippen molar-refractivity contribution in [3.8, 4) is 28.6 Å². The van der Waals surface area contributed by atoms with Gasteiger partial charge in [0.05, 0.1) is 47.6 Å². The lowest BCUT2D eigenvalue weighted by Crippen LogP contribution is -2.21. The Morgan fingerprint density at radius 2 is 1.78 bits per heavy atom. The van der Waals surface area contributed by atoms with Gasteiger partial charge in [-0.3, -0.25) is 14.3 Å². The van der Waals surface area contributed by atoms with Crippen molar-refractivity contribution in [3.05, 3.63) is 88.0 Å². The third-order valence-corrected chi connectivity index (χ3v) is 5.27. The molecule has 0 unspecified atom stereocenters. The first-order valence-electron chi connectivity index (χ1n) is 9.78. The molecule has 0 aliphatic carbocycles. The number of pyridine rings is 2. The average molecular weight is 425 g/mol. The number of rotatable bonds is 4. The fourth-order valence-electron chi connectivity index (χ4n) is 3.76. The molecule has 0 aliphatic rings. The molecule has 0 amide bonds. The van der Waals surface area contributed by atoms with Gasteiger partial charge in [0.2, 0.25) is 0 Å². The maximum Gasteiger partial charge on any atom is 0.340 e. The summed E-state index contributed by atoms with van der Waals surface area (Å²) in [6.07, 6.45) is 1.59. The van der Waals surface area contributed by atoms with Crippen molar-refractivity contribution in [2.24, 2.45) is 0 Å². The number of nitriles is 1. The first-order valence-corrected chi connectivity index (χ1v) is 9.78. The highest BCUT2D eigenvalue weighted by atomic mass is 16.5. The molecule has 0 spiro atoms. The van der Waals surface area contributed by atoms with E-state index in [1.807, 2.05) is 0 Å². The molecule has 2 aromatic heterocycles. The summed E-state index contributed by atoms with van der Waals surface area (Å²) in [5.74, 6) is 0.0544. The van der Waals surface area contributed by atoms with Crippen molar-refractivity contribution in [3.63, 3.8) is 0 Å². The highest BCUT2D eigenvalue weighted by Gasteiger charge is 2.24. The number of aromatic nitrogens is 2. The summed E-state index contributed by atoms with van der Waals surface area (Å²) < 4.78 is 11.6. The summed E-state index contributed by atoms with van der Waals surface area (Å²) in [7, 11) is 2.85. The summed E-state index contributed by atoms with van der Waals surface area (Å²) in [5.41, 5.74) is 2.58. The normalized spacial score (nSPS) is 10.6. The highest BCUT2D eigenvalue weighted by molar-refractivity contribution is 6.07. The number of carbonyl (C=O) groups is 1. The number of hydrogen-bond acceptors (Lipinski definition) is 6. The molecule has 4 aromatic rings. The lowest BCUT2D eigenvalue weighted by Gasteiger charge is -2.16. The van der Waals surface area contributed by atoms with Gasteiger partial charge in [0.25, 0.3) is 5.56 Å². The molecule has 0 aliphatic heterocycles. The van der Waals surface area contributed by atoms with Gasteiger partial charge in [0, 0.05) is 11.8 Å². The molecule has 32 heavy (non-hydrogen) atoms. The molecule has 158 valence electrons. The van der Waals surface area contributed by atoms with Gasteiger partial charge < -0.3 is 9.47 Å². The van der Waals surface area contributed by atoms with Gasteiger partial charge in [-0.2, -0.15) is 5.26 Å². The van der Waals surface area contributed by atoms with Crippen LogP contribution in [0, 0.1) is 18.3 Å². The zero-order valence-electron chi connectivity index (χ0n) is 17.7. The molecule has 0 atom stereocenters. The van der Waals surface area contributed by atoms with Crippen molar-refractivity contribution < 1.29 is 14.3 Å². The van der Waals surface area contributed by atoms with Crippen LogP contribution in [0.15, 0.2) is 65.6 Å². The van der Waals surface area contributed by atoms with E-state index in [2.05, 4.69) is 11.1 Å². The Morgan fingerprint density at radius 3 is 2.44 bits per heavy atom. The van der Waals surface area contributed by atoms with E-state index in [-0.39, 0.29) is 10.9 Å². The monoisotopic (exact) mass is 425 g/mol. The zero-order chi connectivity index (χ0) is 22.8. The third-order valence-electron chi connectivity index (χ3n) is 5.27. The molecule has 0 bridgehead atoms. The number of benzene rings is 2. The van der Waals surface area contributed by atoms with E-state index in [1.165, 1.54) is 11.7 Å². The van der Waals surface area contributed by atoms with E-state index in [4.69, 9.17) is 9.47 Å². The van der Waals surface area contributed by atoms with Crippen LogP contribution < -0.4 is 10.3 Å². The molecule has 2 aromatic carbocycles. The van der Waals surface area contributed by atoms with E-state index >= 15 is 0 Å². The minimum absolute atomic E-state index is 0.216. The molecule has 2 heterocycles. The second-order valence-electron chi connectivity index (χ2n) is 7.05. The summed E-state index contributed by atoms with van der Waals surface area (Å²) in [6, 6.07) is 17.7. The zero-order valence-corrected chi connectivity index (χ0v) is 17.7. The van der Waals surface area contributed by atoms with E-state index in [0.29, 0.717) is 39.3 Å². The topological polar surface area (TPSA) is 94.2 Å². The Labute approximate surface area is 184 Å². The first-order chi connectivity index (χ1) is 15.5. The second kappa shape index (κ2) is 8.36. The minimum atomic E-state index is -0.588. The Kier molecular flexibility index (Phi) is 5.44. The number of carbonyl (C=O) groups excluding carboxylic acids is 1. The number of aryl methyl sites for hydroxylation is 1. The highest BCUT2D eigenvalue weighted by Crippen LogP contribution is 2.33. The van der Waals surface area contributed by atoms with Crippen LogP contribution in [0.3, 0.4) is 0 Å². The Balaban J connectivity index is 2.15. The van der Waals surface area contributed by atoms with Crippen LogP contribution in [0.5, 0.6) is 5.75 Å². The van der Waals surface area contributed by atoms with E-state index in [9.17, 15) is 14.9 Å². The molecular formula is C25H19N3O4. The van der Waals surface area contributed by atoms with Gasteiger partial charge in [-0.05, 0) is 42.8 Å². The summed E-state index contributed by atoms with van der Waals surface area (Å²) >= 11 is 0. The van der Waals surface area contributed by atoms with Crippen LogP contribution in [0.2, 0.25) is 0 Å². The maximum absolute atomic E-state index is 13.7. The Morgan fingerprint density at radius 1 is 1.06 bits per heavy atom. The van der Waals surface area contributed by atoms with Gasteiger partial charge in [0.1, 0.15) is 11.8 Å². The van der Waals surface area contributed by atoms with Gasteiger partial charge in [0.15, 0.2) is 0 Å². The van der Waals surface area contributed by atoms with Crippen molar-refractivity contribution >= 4 is 16.9 Å². The van der Waals surface area contributed by atoms with Crippen LogP contribution in [-0.4, -0.2) is 29.7 Å². The number of ether oxygens (including phenoxy) is 2. The minimum Gasteiger partial charge on any atom is -0.497 e. The third kappa shape index (κ3) is 3.38. The molecule has 4 rings (SSSR count). The fourth-order valence-corrected chi connectivity index (χ4v) is 3.76. The van der Waals surface area contributed by atoms with Crippen molar-refractivity contribution in [1.29, 1.82) is 5.26 Å². The molecular weight excluding hydrogens is 406 g/mol. The standard InChI is InChI=1S/C25H19N3O4/c1-15-21(25(30)32-3)22(16-8-10-18(31-2)11-9-16)23-19(27-15)12-13-28(24(23)29)20-7-5-4-6-17(20)14-26/h4-13H,1-3H3. The quantitative estimate of drug-likeness (QED) is 0.458. The van der Waals surface area contributed by atoms with Gasteiger partial charge in [-0.15, -0.1) is 0 Å². The van der Waals surface area contributed by atoms with Crippen LogP contribution in [-0.2, 0) is 4.74 Å². The van der Waals surface area contributed by atoms with Crippen molar-refractivity contribution in [1.82, 2.24) is 9.55 Å². The Hall–Kier alpha value is -4.44. The van der Waals surface area contributed by atoms with Crippen LogP contribution >= 0.6 is 0 Å². The molecule has 0 N–H and O–H groups in total. The predicted octanol–water partition coefficient (Wildman–Crippen LogP) is 4.03. The number of hydrogen-bond donors (Lipinski definition) is 0. The number of nitrogens with zero attached hydrogens (tertiary/aromatic N) is 3. The molecule has 7 heteroatoms. The first kappa shape index (κ1) is 20.8. The fraction of sp³-hybridized carbons (Fsp3) is 0.120. The van der Waals surface area contributed by atoms with Gasteiger partial charge in [-0.25, -0.2) is 4.79 Å². The molecule has 7 nitrogen and oxygen atoms in total. The van der Waals surface area contributed by atoms with Crippen molar-refractivity contribution in [2.75, 3.05) is 14.2 Å². The van der Waals surface area contributed by atoms with Gasteiger partial charge in [-0.1, -0.05) is 24.3 Å². The van der Waals surface area contributed by atoms with E-state index < -0.39 is 11.5 Å². The molecule has 0 saturated carbocycles. The van der Waals surface area contributed by atoms with E-state index in [1.54, 1.807) is 74.8 Å². The Bertz CT molecular complexity index is 1450. The van der Waals surface area contributed by atoms with Crippen LogP contribution in [0.4, 0.5) is 0 Å². The number of fused-ring (bicyclic) bond motifs is 1. The molecule has 0 radical (unpaired) electrons. The number of para-hydroxylation sites is 1. The second-order valence-corrected chi connectivity index (χ2v) is 7.05. The lowest BCUT2D eigenvalue weighted by atomic mass is 9.94. The predicted molar refractivity (Wildman–Crippen MR) is 120 cm³/mol. The molecule has 0 fully saturated rings. The van der Waals surface area contributed by atoms with E-state index in [0.717, 1.165) is 0 Å². The number of methoxy groups -OCH3 is 2. The smallest absolute Gasteiger partial charge is 0.340 e. The summed E-state index contributed by atoms with van der Waals surface area (Å²) in [6.45, 7) is 1.70. The molecule has 0 saturated heterocycles.